The molecular formula is C12H14F5NO. The first-order chi connectivity index (χ1) is 8.65. The Morgan fingerprint density at radius 2 is 1.89 bits per heavy atom. The van der Waals surface area contributed by atoms with Crippen LogP contribution in [0.15, 0.2) is 12.1 Å². The fraction of sp³-hybridized carbons (Fsp3) is 0.500. The number of alkyl halides is 4. The predicted molar refractivity (Wildman–Crippen MR) is 60.2 cm³/mol. The van der Waals surface area contributed by atoms with E-state index in [9.17, 15) is 22.0 Å². The van der Waals surface area contributed by atoms with Gasteiger partial charge in [0.05, 0.1) is 0 Å². The van der Waals surface area contributed by atoms with Crippen LogP contribution in [0.2, 0.25) is 0 Å². The molecule has 0 amide bonds. The van der Waals surface area contributed by atoms with Crippen molar-refractivity contribution in [3.05, 3.63) is 29.1 Å². The Bertz CT molecular complexity index is 448. The van der Waals surface area contributed by atoms with E-state index in [-0.39, 0.29) is 16.9 Å². The molecule has 0 fully saturated rings. The molecule has 0 unspecified atom stereocenters. The fourth-order valence-electron chi connectivity index (χ4n) is 1.39. The van der Waals surface area contributed by atoms with Crippen molar-refractivity contribution in [2.24, 2.45) is 5.73 Å². The third kappa shape index (κ3) is 3.79. The minimum atomic E-state index is -4.27. The summed E-state index contributed by atoms with van der Waals surface area (Å²) in [7, 11) is 0. The Labute approximate surface area is 107 Å². The van der Waals surface area contributed by atoms with Gasteiger partial charge in [0.2, 0.25) is 0 Å². The van der Waals surface area contributed by atoms with Gasteiger partial charge < -0.3 is 10.5 Å². The van der Waals surface area contributed by atoms with E-state index in [0.29, 0.717) is 0 Å². The highest BCUT2D eigenvalue weighted by atomic mass is 19.3. The maximum Gasteiger partial charge on any atom is 0.340 e. The van der Waals surface area contributed by atoms with Gasteiger partial charge in [-0.1, -0.05) is 0 Å². The quantitative estimate of drug-likeness (QED) is 0.840. The highest BCUT2D eigenvalue weighted by Crippen LogP contribution is 2.30. The second-order valence-corrected chi connectivity index (χ2v) is 4.28. The third-order valence-corrected chi connectivity index (χ3v) is 2.52. The van der Waals surface area contributed by atoms with Crippen molar-refractivity contribution in [1.82, 2.24) is 0 Å². The van der Waals surface area contributed by atoms with Crippen LogP contribution in [0.1, 0.15) is 24.1 Å². The summed E-state index contributed by atoms with van der Waals surface area (Å²) in [5, 5.41) is 0. The first-order valence-electron chi connectivity index (χ1n) is 5.49. The summed E-state index contributed by atoms with van der Waals surface area (Å²) >= 11 is 0. The van der Waals surface area contributed by atoms with Gasteiger partial charge in [-0.3, -0.25) is 0 Å². The predicted octanol–water partition coefficient (Wildman–Crippen LogP) is 3.43. The van der Waals surface area contributed by atoms with Crippen LogP contribution >= 0.6 is 0 Å². The molecule has 1 rings (SSSR count). The molecule has 7 heteroatoms. The molecule has 1 aromatic carbocycles. The average molecular weight is 283 g/mol. The second-order valence-electron chi connectivity index (χ2n) is 4.28. The van der Waals surface area contributed by atoms with Crippen LogP contribution in [0.4, 0.5) is 22.0 Å². The van der Waals surface area contributed by atoms with Crippen molar-refractivity contribution >= 4 is 0 Å². The normalized spacial score (nSPS) is 13.7. The number of benzene rings is 1. The van der Waals surface area contributed by atoms with Gasteiger partial charge in [0.15, 0.2) is 6.61 Å². The van der Waals surface area contributed by atoms with Gasteiger partial charge in [0, 0.05) is 11.6 Å². The van der Waals surface area contributed by atoms with Gasteiger partial charge in [-0.05, 0) is 31.5 Å². The lowest BCUT2D eigenvalue weighted by atomic mass is 10.1. The van der Waals surface area contributed by atoms with Crippen LogP contribution in [0, 0.1) is 12.7 Å². The summed E-state index contributed by atoms with van der Waals surface area (Å²) in [5.74, 6) is -4.95. The standard InChI is InChI=1S/C12H14F5NO/c1-6-3-10(8(7(2)18)4-9(6)13)19-5-12(16,17)11(14)15/h3-4,7,11H,5,18H2,1-2H3/t7-/m1/s1. The van der Waals surface area contributed by atoms with Crippen molar-refractivity contribution in [2.45, 2.75) is 32.2 Å². The van der Waals surface area contributed by atoms with Gasteiger partial charge in [0.1, 0.15) is 11.6 Å². The Hall–Kier alpha value is -1.37. The molecule has 0 aliphatic carbocycles. The van der Waals surface area contributed by atoms with E-state index >= 15 is 0 Å². The average Bonchev–Trinajstić information content (AvgIpc) is 2.29. The molecule has 0 aliphatic heterocycles. The van der Waals surface area contributed by atoms with Crippen LogP contribution < -0.4 is 10.5 Å². The second kappa shape index (κ2) is 5.73. The topological polar surface area (TPSA) is 35.2 Å². The summed E-state index contributed by atoms with van der Waals surface area (Å²) in [4.78, 5) is 0. The molecule has 108 valence electrons. The van der Waals surface area contributed by atoms with E-state index < -0.39 is 30.8 Å². The molecule has 0 bridgehead atoms. The Morgan fingerprint density at radius 1 is 1.32 bits per heavy atom. The monoisotopic (exact) mass is 283 g/mol. The summed E-state index contributed by atoms with van der Waals surface area (Å²) in [6.45, 7) is 1.41. The summed E-state index contributed by atoms with van der Waals surface area (Å²) in [5.41, 5.74) is 5.85. The lowest BCUT2D eigenvalue weighted by Crippen LogP contribution is -2.34. The van der Waals surface area contributed by atoms with Gasteiger partial charge in [0.25, 0.3) is 0 Å². The molecule has 2 N–H and O–H groups in total. The number of halogens is 5. The largest absolute Gasteiger partial charge is 0.487 e. The lowest BCUT2D eigenvalue weighted by molar-refractivity contribution is -0.148. The summed E-state index contributed by atoms with van der Waals surface area (Å²) in [6.07, 6.45) is -3.83. The zero-order valence-corrected chi connectivity index (χ0v) is 10.4. The first-order valence-corrected chi connectivity index (χ1v) is 5.49. The fourth-order valence-corrected chi connectivity index (χ4v) is 1.39. The van der Waals surface area contributed by atoms with Gasteiger partial charge in [-0.25, -0.2) is 13.2 Å². The zero-order valence-electron chi connectivity index (χ0n) is 10.4. The van der Waals surface area contributed by atoms with Crippen LogP contribution in [0.3, 0.4) is 0 Å². The molecule has 0 aliphatic rings. The van der Waals surface area contributed by atoms with Crippen molar-refractivity contribution in [1.29, 1.82) is 0 Å². The van der Waals surface area contributed by atoms with E-state index in [1.54, 1.807) is 0 Å². The van der Waals surface area contributed by atoms with Crippen molar-refractivity contribution in [3.8, 4) is 5.75 Å². The summed E-state index contributed by atoms with van der Waals surface area (Å²) in [6, 6.07) is 1.54. The van der Waals surface area contributed by atoms with Gasteiger partial charge in [-0.15, -0.1) is 0 Å². The van der Waals surface area contributed by atoms with Crippen molar-refractivity contribution < 1.29 is 26.7 Å². The highest BCUT2D eigenvalue weighted by molar-refractivity contribution is 5.39. The molecule has 1 aromatic rings. The maximum absolute atomic E-state index is 13.3. The number of ether oxygens (including phenoxy) is 1. The van der Waals surface area contributed by atoms with E-state index in [4.69, 9.17) is 5.73 Å². The van der Waals surface area contributed by atoms with E-state index in [1.807, 2.05) is 0 Å². The zero-order chi connectivity index (χ0) is 14.8. The van der Waals surface area contributed by atoms with Crippen molar-refractivity contribution in [3.63, 3.8) is 0 Å². The molecular weight excluding hydrogens is 269 g/mol. The Morgan fingerprint density at radius 3 is 2.37 bits per heavy atom. The van der Waals surface area contributed by atoms with E-state index in [0.717, 1.165) is 12.1 Å². The number of rotatable bonds is 5. The SMILES string of the molecule is Cc1cc(OCC(F)(F)C(F)F)c([C@@H](C)N)cc1F. The molecule has 2 nitrogen and oxygen atoms in total. The molecule has 0 heterocycles. The molecule has 1 atom stereocenters. The molecule has 0 saturated carbocycles. The summed E-state index contributed by atoms with van der Waals surface area (Å²) < 4.78 is 67.6. The van der Waals surface area contributed by atoms with Crippen LogP contribution in [-0.4, -0.2) is 19.0 Å². The molecule has 19 heavy (non-hydrogen) atoms. The van der Waals surface area contributed by atoms with Crippen LogP contribution in [-0.2, 0) is 0 Å². The minimum Gasteiger partial charge on any atom is -0.487 e. The van der Waals surface area contributed by atoms with Crippen LogP contribution in [0.25, 0.3) is 0 Å². The minimum absolute atomic E-state index is 0.116. The van der Waals surface area contributed by atoms with Crippen molar-refractivity contribution in [2.75, 3.05) is 6.61 Å². The van der Waals surface area contributed by atoms with E-state index in [2.05, 4.69) is 4.74 Å². The smallest absolute Gasteiger partial charge is 0.340 e. The number of nitrogens with two attached hydrogens (primary N) is 1. The lowest BCUT2D eigenvalue weighted by Gasteiger charge is -2.19. The Kier molecular flexibility index (Phi) is 4.73. The number of hydrogen-bond acceptors (Lipinski definition) is 2. The molecule has 0 radical (unpaired) electrons. The highest BCUT2D eigenvalue weighted by Gasteiger charge is 2.41. The first kappa shape index (κ1) is 15.7. The van der Waals surface area contributed by atoms with Gasteiger partial charge in [-0.2, -0.15) is 8.78 Å². The van der Waals surface area contributed by atoms with Crippen LogP contribution in [0.5, 0.6) is 5.75 Å². The number of hydrogen-bond donors (Lipinski definition) is 1. The molecule has 0 aromatic heterocycles. The Balaban J connectivity index is 2.98. The third-order valence-electron chi connectivity index (χ3n) is 2.52. The van der Waals surface area contributed by atoms with Gasteiger partial charge >= 0.3 is 12.3 Å². The molecule has 0 saturated heterocycles. The number of aryl methyl sites for hydroxylation is 1. The maximum atomic E-state index is 13.3. The van der Waals surface area contributed by atoms with E-state index in [1.165, 1.54) is 13.8 Å². The molecule has 0 spiro atoms.